The fourth-order valence-corrected chi connectivity index (χ4v) is 3.98. The standard InChI is InChI=1S/C20H24F2N4O2/c21-19(22)16-13-25(9-10-28-16)17-12-18(27)24-20(23-17)26-8-4-7-15(26)11-14-5-2-1-3-6-14/h1-3,5-6,12,15-16,19H,4,7-11,13H2,(H,23,24,27)/t15-,16-/m0/s1. The minimum absolute atomic E-state index is 0.0288. The molecule has 0 unspecified atom stereocenters. The minimum Gasteiger partial charge on any atom is -0.369 e. The monoisotopic (exact) mass is 390 g/mol. The molecule has 3 heterocycles. The van der Waals surface area contributed by atoms with Gasteiger partial charge in [-0.15, -0.1) is 0 Å². The molecule has 8 heteroatoms. The lowest BCUT2D eigenvalue weighted by atomic mass is 10.0. The lowest BCUT2D eigenvalue weighted by Gasteiger charge is -2.34. The summed E-state index contributed by atoms with van der Waals surface area (Å²) in [6.45, 7) is 1.47. The van der Waals surface area contributed by atoms with Crippen LogP contribution in [0.15, 0.2) is 41.2 Å². The molecule has 2 saturated heterocycles. The van der Waals surface area contributed by atoms with Gasteiger partial charge in [0.1, 0.15) is 11.9 Å². The number of H-pyrrole nitrogens is 1. The van der Waals surface area contributed by atoms with Crippen molar-refractivity contribution in [3.8, 4) is 0 Å². The Morgan fingerprint density at radius 1 is 1.25 bits per heavy atom. The van der Waals surface area contributed by atoms with Crippen molar-refractivity contribution in [2.45, 2.75) is 37.8 Å². The number of nitrogens with one attached hydrogen (secondary N) is 1. The zero-order valence-corrected chi connectivity index (χ0v) is 15.6. The number of ether oxygens (including phenoxy) is 1. The number of aromatic amines is 1. The molecule has 0 aliphatic carbocycles. The Bertz CT molecular complexity index is 846. The number of alkyl halides is 2. The Labute approximate surface area is 162 Å². The Morgan fingerprint density at radius 3 is 2.86 bits per heavy atom. The predicted molar refractivity (Wildman–Crippen MR) is 103 cm³/mol. The first-order chi connectivity index (χ1) is 13.6. The first kappa shape index (κ1) is 18.9. The molecule has 2 aliphatic rings. The third-order valence-corrected chi connectivity index (χ3v) is 5.38. The molecule has 1 aromatic heterocycles. The van der Waals surface area contributed by atoms with Crippen LogP contribution in [-0.4, -0.2) is 54.8 Å². The number of hydrogen-bond acceptors (Lipinski definition) is 5. The van der Waals surface area contributed by atoms with E-state index in [0.717, 1.165) is 25.8 Å². The second-order valence-corrected chi connectivity index (χ2v) is 7.30. The van der Waals surface area contributed by atoms with Crippen LogP contribution in [0, 0.1) is 0 Å². The van der Waals surface area contributed by atoms with Crippen molar-refractivity contribution in [2.75, 3.05) is 36.0 Å². The summed E-state index contributed by atoms with van der Waals surface area (Å²) >= 11 is 0. The van der Waals surface area contributed by atoms with Gasteiger partial charge in [-0.1, -0.05) is 30.3 Å². The van der Waals surface area contributed by atoms with E-state index in [1.165, 1.54) is 11.6 Å². The summed E-state index contributed by atoms with van der Waals surface area (Å²) in [5, 5.41) is 0. The summed E-state index contributed by atoms with van der Waals surface area (Å²) < 4.78 is 31.2. The van der Waals surface area contributed by atoms with Gasteiger partial charge in [-0.05, 0) is 24.8 Å². The Hall–Kier alpha value is -2.48. The minimum atomic E-state index is -2.56. The van der Waals surface area contributed by atoms with E-state index in [-0.39, 0.29) is 24.8 Å². The lowest BCUT2D eigenvalue weighted by Crippen LogP contribution is -2.46. The van der Waals surface area contributed by atoms with Crippen LogP contribution in [0.3, 0.4) is 0 Å². The van der Waals surface area contributed by atoms with E-state index < -0.39 is 12.5 Å². The Balaban J connectivity index is 1.55. The molecule has 0 spiro atoms. The number of hydrogen-bond donors (Lipinski definition) is 1. The smallest absolute Gasteiger partial charge is 0.266 e. The molecule has 0 saturated carbocycles. The van der Waals surface area contributed by atoms with Gasteiger partial charge in [-0.3, -0.25) is 9.78 Å². The highest BCUT2D eigenvalue weighted by Gasteiger charge is 2.30. The predicted octanol–water partition coefficient (Wildman–Crippen LogP) is 2.45. The molecule has 2 atom stereocenters. The second kappa shape index (κ2) is 8.26. The van der Waals surface area contributed by atoms with Crippen LogP contribution in [0.1, 0.15) is 18.4 Å². The molecule has 150 valence electrons. The van der Waals surface area contributed by atoms with Crippen LogP contribution in [0.2, 0.25) is 0 Å². The maximum absolute atomic E-state index is 13.0. The summed E-state index contributed by atoms with van der Waals surface area (Å²) in [6.07, 6.45) is -0.793. The number of rotatable bonds is 5. The maximum Gasteiger partial charge on any atom is 0.266 e. The molecular formula is C20H24F2N4O2. The molecule has 1 aromatic carbocycles. The van der Waals surface area contributed by atoms with Gasteiger partial charge in [0.05, 0.1) is 13.2 Å². The number of anilines is 2. The Kier molecular flexibility index (Phi) is 5.57. The molecule has 28 heavy (non-hydrogen) atoms. The first-order valence-electron chi connectivity index (χ1n) is 9.67. The average molecular weight is 390 g/mol. The topological polar surface area (TPSA) is 61.5 Å². The largest absolute Gasteiger partial charge is 0.369 e. The zero-order chi connectivity index (χ0) is 19.5. The van der Waals surface area contributed by atoms with Crippen LogP contribution in [0.5, 0.6) is 0 Å². The van der Waals surface area contributed by atoms with Crippen molar-refractivity contribution in [1.82, 2.24) is 9.97 Å². The average Bonchev–Trinajstić information content (AvgIpc) is 3.16. The van der Waals surface area contributed by atoms with E-state index >= 15 is 0 Å². The summed E-state index contributed by atoms with van der Waals surface area (Å²) in [5.74, 6) is 0.944. The van der Waals surface area contributed by atoms with E-state index in [1.807, 2.05) is 18.2 Å². The molecule has 6 nitrogen and oxygen atoms in total. The molecule has 1 N–H and O–H groups in total. The molecule has 0 radical (unpaired) electrons. The van der Waals surface area contributed by atoms with Gasteiger partial charge in [-0.25, -0.2) is 8.78 Å². The van der Waals surface area contributed by atoms with Gasteiger partial charge in [0.15, 0.2) is 0 Å². The zero-order valence-electron chi connectivity index (χ0n) is 15.6. The Morgan fingerprint density at radius 2 is 2.07 bits per heavy atom. The number of halogens is 2. The van der Waals surface area contributed by atoms with Gasteiger partial charge in [0, 0.05) is 25.2 Å². The van der Waals surface area contributed by atoms with Crippen molar-refractivity contribution in [1.29, 1.82) is 0 Å². The van der Waals surface area contributed by atoms with Gasteiger partial charge < -0.3 is 14.5 Å². The SMILES string of the molecule is O=c1cc(N2CCO[C@H](C(F)F)C2)nc(N2CCC[C@H]2Cc2ccccc2)[nH]1. The molecule has 4 rings (SSSR count). The van der Waals surface area contributed by atoms with E-state index in [0.29, 0.717) is 18.3 Å². The molecule has 0 amide bonds. The third kappa shape index (κ3) is 4.16. The number of morpholine rings is 1. The van der Waals surface area contributed by atoms with Crippen molar-refractivity contribution >= 4 is 11.8 Å². The highest BCUT2D eigenvalue weighted by Crippen LogP contribution is 2.26. The summed E-state index contributed by atoms with van der Waals surface area (Å²) in [7, 11) is 0. The summed E-state index contributed by atoms with van der Waals surface area (Å²) in [4.78, 5) is 23.6. The highest BCUT2D eigenvalue weighted by molar-refractivity contribution is 5.45. The fourth-order valence-electron chi connectivity index (χ4n) is 3.98. The van der Waals surface area contributed by atoms with Crippen LogP contribution < -0.4 is 15.4 Å². The molecule has 2 aromatic rings. The van der Waals surface area contributed by atoms with Crippen LogP contribution in [0.4, 0.5) is 20.5 Å². The van der Waals surface area contributed by atoms with Crippen molar-refractivity contribution in [3.05, 3.63) is 52.3 Å². The first-order valence-corrected chi connectivity index (χ1v) is 9.67. The maximum atomic E-state index is 13.0. The van der Waals surface area contributed by atoms with E-state index in [2.05, 4.69) is 27.0 Å². The van der Waals surface area contributed by atoms with Crippen molar-refractivity contribution in [2.24, 2.45) is 0 Å². The van der Waals surface area contributed by atoms with E-state index in [4.69, 9.17) is 4.74 Å². The lowest BCUT2D eigenvalue weighted by molar-refractivity contribution is -0.0615. The molecular weight excluding hydrogens is 366 g/mol. The van der Waals surface area contributed by atoms with Gasteiger partial charge in [0.2, 0.25) is 5.95 Å². The van der Waals surface area contributed by atoms with Crippen LogP contribution in [0.25, 0.3) is 0 Å². The normalized spacial score (nSPS) is 22.8. The fraction of sp³-hybridized carbons (Fsp3) is 0.500. The molecule has 2 aliphatic heterocycles. The van der Waals surface area contributed by atoms with Crippen molar-refractivity contribution in [3.63, 3.8) is 0 Å². The third-order valence-electron chi connectivity index (χ3n) is 5.38. The van der Waals surface area contributed by atoms with Crippen LogP contribution >= 0.6 is 0 Å². The van der Waals surface area contributed by atoms with Gasteiger partial charge in [-0.2, -0.15) is 4.98 Å². The molecule has 0 bridgehead atoms. The van der Waals surface area contributed by atoms with E-state index in [1.54, 1.807) is 4.90 Å². The summed E-state index contributed by atoms with van der Waals surface area (Å²) in [6, 6.07) is 11.9. The van der Waals surface area contributed by atoms with Crippen LogP contribution in [-0.2, 0) is 11.2 Å². The summed E-state index contributed by atoms with van der Waals surface area (Å²) in [5.41, 5.74) is 0.969. The number of nitrogens with zero attached hydrogens (tertiary/aromatic N) is 3. The van der Waals surface area contributed by atoms with Gasteiger partial charge >= 0.3 is 0 Å². The number of benzene rings is 1. The van der Waals surface area contributed by atoms with Gasteiger partial charge in [0.25, 0.3) is 12.0 Å². The molecule has 2 fully saturated rings. The number of aromatic nitrogens is 2. The van der Waals surface area contributed by atoms with E-state index in [9.17, 15) is 13.6 Å². The quantitative estimate of drug-likeness (QED) is 0.850. The van der Waals surface area contributed by atoms with Crippen molar-refractivity contribution < 1.29 is 13.5 Å². The highest BCUT2D eigenvalue weighted by atomic mass is 19.3. The second-order valence-electron chi connectivity index (χ2n) is 7.30.